The van der Waals surface area contributed by atoms with E-state index in [1.165, 1.54) is 97.6 Å². The first kappa shape index (κ1) is 107. The van der Waals surface area contributed by atoms with Crippen molar-refractivity contribution in [1.29, 1.82) is 0 Å². The average Bonchev–Trinajstić information content (AvgIpc) is 1.57. The predicted octanol–water partition coefficient (Wildman–Crippen LogP) is 17.3. The van der Waals surface area contributed by atoms with Gasteiger partial charge in [0.1, 0.15) is 5.60 Å². The second kappa shape index (κ2) is 40.1. The lowest BCUT2D eigenvalue weighted by Gasteiger charge is -2.41. The number of likely N-dealkylation sites (N-methyl/N-ethyl adjacent to an activating group) is 2. The molecule has 4 saturated carbocycles. The Hall–Kier alpha value is -5.87. The molecule has 6 aromatic rings. The summed E-state index contributed by atoms with van der Waals surface area (Å²) in [5, 5.41) is 3.44. The van der Waals surface area contributed by atoms with E-state index < -0.39 is 64.5 Å². The van der Waals surface area contributed by atoms with Gasteiger partial charge in [-0.15, -0.1) is 0 Å². The van der Waals surface area contributed by atoms with E-state index in [1.807, 2.05) is 85.7 Å². The van der Waals surface area contributed by atoms with Crippen molar-refractivity contribution < 1.29 is 43.2 Å². The molecule has 22 rings (SSSR count). The summed E-state index contributed by atoms with van der Waals surface area (Å²) in [6.07, 6.45) is 19.5. The molecule has 12 aliphatic heterocycles. The predicted molar refractivity (Wildman–Crippen MR) is 586 cm³/mol. The van der Waals surface area contributed by atoms with Crippen LogP contribution in [0.15, 0.2) is 175 Å². The van der Waals surface area contributed by atoms with Crippen LogP contribution in [0.3, 0.4) is 0 Å². The fraction of sp³-hybridized carbons (Fsp3) is 0.640. The zero-order valence-electron chi connectivity index (χ0n) is 89.3. The molecule has 142 heavy (non-hydrogen) atoms. The molecule has 0 spiro atoms. The number of sulfonamides is 2. The standard InChI is InChI=1S/2C23H34N2OS.C21H32N2O3S.C17H26N2O2S.C16H24N2OS.C14H20N2O2S/c2*1-23(2,3)18-7-9-21(10-8-18)27(4,26)25-15-19-13-20(25)14-24(19)22-12-16-5-6-17(22)11-16;1-20(2,3)15-8-10-18(11-9-15)27(7,25)23-14-16-12-17(23)13-22(16)19(24)26-21(4,5)6;1-5-17(2,3)13-6-8-16(9-7-13)22(20,21)19-12-14-10-15(19)11-18(14)4;1-16(2,3)12-5-7-15(8-6-12)20(4,19)18-11-13-9-14(18)10-17-13;1-3-11-4-6-14(7-5-11)19(17,18)16-10-12-8-13(16)9-15(12)2/h2*7-10,16-17,19-20,22H,4-6,11-15H2,1-3H3;8-11,16-17H,7,12-14H2,1-6H3;6-9,14-15H,5,10-12H2,1-4H3;5-8,13-14,17H,4,9-11H2,1-3H3;4-7,12-13H,3,8-10H2,1-2H3/t2*16?,17?,19-,20-,22?,27?;16-,17-,27?;14-,15-;13-,14-,20?;12-,13-/m000000/s1. The van der Waals surface area contributed by atoms with Crippen molar-refractivity contribution in [2.75, 3.05) is 92.6 Å². The highest BCUT2D eigenvalue weighted by Crippen LogP contribution is 2.53. The lowest BCUT2D eigenvalue weighted by Crippen LogP contribution is -2.53. The summed E-state index contributed by atoms with van der Waals surface area (Å²) >= 11 is 0. The molecule has 16 bridgehead atoms. The first-order valence-electron chi connectivity index (χ1n) is 53.2. The van der Waals surface area contributed by atoms with Crippen LogP contribution in [0.2, 0.25) is 0 Å². The summed E-state index contributed by atoms with van der Waals surface area (Å²) in [7, 11) is -12.2. The van der Waals surface area contributed by atoms with Gasteiger partial charge in [0, 0.05) is 177 Å². The fourth-order valence-corrected chi connectivity index (χ4v) is 37.3. The van der Waals surface area contributed by atoms with Crippen LogP contribution < -0.4 is 5.32 Å². The van der Waals surface area contributed by atoms with E-state index in [1.54, 1.807) is 37.8 Å². The van der Waals surface area contributed by atoms with Gasteiger partial charge < -0.3 is 24.8 Å². The van der Waals surface area contributed by atoms with Gasteiger partial charge in [-0.25, -0.2) is 55.7 Å². The second-order valence-corrected chi connectivity index (χ2v) is 63.2. The van der Waals surface area contributed by atoms with Crippen molar-refractivity contribution in [3.8, 4) is 0 Å². The van der Waals surface area contributed by atoms with Gasteiger partial charge in [0.25, 0.3) is 0 Å². The molecule has 12 heterocycles. The highest BCUT2D eigenvalue weighted by atomic mass is 32.2. The number of hydrogen-bond donors (Lipinski definition) is 1. The maximum atomic E-state index is 13.7. The minimum absolute atomic E-state index is 0.0428. The van der Waals surface area contributed by atoms with Gasteiger partial charge >= 0.3 is 6.09 Å². The Balaban J connectivity index is 0.000000118. The Kier molecular flexibility index (Phi) is 30.4. The van der Waals surface area contributed by atoms with Crippen molar-refractivity contribution in [3.05, 3.63) is 179 Å². The van der Waals surface area contributed by atoms with Crippen molar-refractivity contribution in [1.82, 2.24) is 55.6 Å². The molecule has 10 unspecified atom stereocenters. The number of nitrogens with zero attached hydrogens (tertiary/aromatic N) is 11. The van der Waals surface area contributed by atoms with Crippen LogP contribution in [-0.2, 0) is 97.1 Å². The van der Waals surface area contributed by atoms with Crippen molar-refractivity contribution in [2.24, 2.45) is 23.7 Å². The maximum Gasteiger partial charge on any atom is 0.410 e. The van der Waals surface area contributed by atoms with Gasteiger partial charge in [-0.3, -0.25) is 9.80 Å². The van der Waals surface area contributed by atoms with Gasteiger partial charge in [-0.2, -0.15) is 8.61 Å². The van der Waals surface area contributed by atoms with Crippen molar-refractivity contribution >= 4 is 88.5 Å². The van der Waals surface area contributed by atoms with Gasteiger partial charge in [-0.05, 0) is 305 Å². The number of likely N-dealkylation sites (tertiary alicyclic amines) is 5. The summed E-state index contributed by atoms with van der Waals surface area (Å²) in [4.78, 5) is 28.6. The van der Waals surface area contributed by atoms with E-state index in [0.717, 1.165) is 146 Å². The molecule has 0 radical (unpaired) electrons. The second-order valence-electron chi connectivity index (χ2n) is 50.6. The first-order valence-corrected chi connectivity index (χ1v) is 62.8. The third-order valence-electron chi connectivity index (χ3n) is 35.4. The number of nitrogens with one attached hydrogen (secondary N) is 1. The Morgan fingerprint density at radius 3 is 0.901 bits per heavy atom. The van der Waals surface area contributed by atoms with Gasteiger partial charge in [0.05, 0.1) is 54.7 Å². The Labute approximate surface area is 857 Å². The molecule has 16 fully saturated rings. The molecule has 22 nitrogen and oxygen atoms in total. The van der Waals surface area contributed by atoms with Crippen molar-refractivity contribution in [3.63, 3.8) is 0 Å². The quantitative estimate of drug-likeness (QED) is 0.0842. The maximum absolute atomic E-state index is 13.7. The summed E-state index contributed by atoms with van der Waals surface area (Å²) < 4.78 is 123. The lowest BCUT2D eigenvalue weighted by atomic mass is 9.82. The molecule has 0 aromatic heterocycles. The van der Waals surface area contributed by atoms with Crippen LogP contribution in [-0.4, -0.2) is 296 Å². The molecule has 1 amide bonds. The average molecular weight is 2060 g/mol. The lowest BCUT2D eigenvalue weighted by molar-refractivity contribution is 0.0174. The smallest absolute Gasteiger partial charge is 0.410 e. The molecule has 4 aliphatic carbocycles. The summed E-state index contributed by atoms with van der Waals surface area (Å²) in [6.45, 7) is 50.5. The number of amides is 1. The molecule has 16 aliphatic rings. The molecular weight excluding hydrogens is 1890 g/mol. The van der Waals surface area contributed by atoms with Crippen LogP contribution in [0.1, 0.15) is 261 Å². The summed E-state index contributed by atoms with van der Waals surface area (Å²) in [6, 6.07) is 53.4. The van der Waals surface area contributed by atoms with E-state index in [2.05, 4.69) is 247 Å². The van der Waals surface area contributed by atoms with Gasteiger partial charge in [-0.1, -0.05) is 196 Å². The number of benzene rings is 6. The highest BCUT2D eigenvalue weighted by molar-refractivity contribution is 7.99. The number of fused-ring (bicyclic) bond motifs is 16. The minimum atomic E-state index is -3.36. The molecule has 28 heteroatoms. The van der Waals surface area contributed by atoms with E-state index >= 15 is 0 Å². The molecule has 12 saturated heterocycles. The number of ether oxygens (including phenoxy) is 1. The number of aryl methyl sites for hydroxylation is 1. The van der Waals surface area contributed by atoms with Gasteiger partial charge in [0.15, 0.2) is 0 Å². The highest BCUT2D eigenvalue weighted by Gasteiger charge is 2.57. The van der Waals surface area contributed by atoms with E-state index in [-0.39, 0.29) is 57.3 Å². The van der Waals surface area contributed by atoms with Crippen LogP contribution >= 0.6 is 0 Å². The van der Waals surface area contributed by atoms with E-state index in [9.17, 15) is 38.5 Å². The molecule has 782 valence electrons. The Morgan fingerprint density at radius 2 is 0.641 bits per heavy atom. The number of hydrogen-bond acceptors (Lipinski definition) is 15. The van der Waals surface area contributed by atoms with Crippen LogP contribution in [0.5, 0.6) is 0 Å². The third-order valence-corrected chi connectivity index (χ3v) is 48.1. The normalized spacial score (nSPS) is 31.6. The molecular formula is C114H170N12O10S6. The number of rotatable bonds is 17. The van der Waals surface area contributed by atoms with Crippen LogP contribution in [0.4, 0.5) is 4.79 Å². The monoisotopic (exact) mass is 2060 g/mol. The largest absolute Gasteiger partial charge is 0.444 e. The van der Waals surface area contributed by atoms with Gasteiger partial charge in [0.2, 0.25) is 20.0 Å². The number of carbonyl (C=O) groups is 1. The topological polar surface area (TPSA) is 211 Å². The number of piperazine rings is 6. The minimum Gasteiger partial charge on any atom is -0.444 e. The SMILES string of the molecule is C=S(=O)(c1ccc(C(C)(C)C)cc1)N1C[C@@H]2C[C@H]1CN2.C=S(=O)(c1ccc(C(C)(C)C)cc1)N1C[C@@H]2C[C@H]1CN2C(=O)OC(C)(C)C.C=S(=O)(c1ccc(C(C)(C)C)cc1)N1C[C@@H]2C[C@H]1CN2C1CC2CCC1C2.C=S(=O)(c1ccc(C(C)(C)C)cc1)N1C[C@@H]2C[C@H]1CN2C1CC2CCC1C2.CCC(C)(C)c1ccc(S(=O)(=O)N2C[C@@H]3C[C@H]2CN3C)cc1.CCc1ccc(S(=O)(=O)N2C[C@@H]3C[C@H]2CN3C)cc1. The first-order chi connectivity index (χ1) is 66.3. The summed E-state index contributed by atoms with van der Waals surface area (Å²) in [5.74, 6) is 20.5. The zero-order chi connectivity index (χ0) is 102. The summed E-state index contributed by atoms with van der Waals surface area (Å²) in [5.41, 5.74) is 7.39. The molecule has 1 N–H and O–H groups in total. The van der Waals surface area contributed by atoms with Crippen LogP contribution in [0, 0.1) is 23.7 Å². The molecule has 6 aromatic carbocycles. The molecule has 22 atom stereocenters. The Bertz CT molecular complexity index is 6090. The Morgan fingerprint density at radius 1 is 0.331 bits per heavy atom. The number of carbonyl (C=O) groups excluding carboxylic acids is 1. The zero-order valence-corrected chi connectivity index (χ0v) is 94.2. The van der Waals surface area contributed by atoms with E-state index in [4.69, 9.17) is 4.74 Å². The van der Waals surface area contributed by atoms with E-state index in [0.29, 0.717) is 84.3 Å². The van der Waals surface area contributed by atoms with Crippen molar-refractivity contribution in [2.45, 2.75) is 381 Å². The fourth-order valence-electron chi connectivity index (χ4n) is 26.4. The van der Waals surface area contributed by atoms with Crippen LogP contribution in [0.25, 0.3) is 0 Å². The third kappa shape index (κ3) is 21.9.